The minimum Gasteiger partial charge on any atom is -0.447 e. The molecule has 1 unspecified atom stereocenters. The molecule has 1 fully saturated rings. The van der Waals surface area contributed by atoms with E-state index >= 15 is 0 Å². The van der Waals surface area contributed by atoms with Gasteiger partial charge in [0.05, 0.1) is 6.04 Å². The van der Waals surface area contributed by atoms with E-state index in [1.54, 1.807) is 11.9 Å². The lowest BCUT2D eigenvalue weighted by Gasteiger charge is -2.16. The van der Waals surface area contributed by atoms with Gasteiger partial charge in [-0.2, -0.15) is 0 Å². The van der Waals surface area contributed by atoms with E-state index in [2.05, 4.69) is 34.7 Å². The number of fused-ring (bicyclic) bond motifs is 1. The zero-order valence-electron chi connectivity index (χ0n) is 11.6. The number of aromatic nitrogens is 1. The minimum absolute atomic E-state index is 0.144. The van der Waals surface area contributed by atoms with Crippen molar-refractivity contribution in [2.45, 2.75) is 12.5 Å². The van der Waals surface area contributed by atoms with Gasteiger partial charge in [0.1, 0.15) is 6.61 Å². The maximum absolute atomic E-state index is 11.2. The molecular weight excluding hydrogens is 254 g/mol. The molecule has 0 bridgehead atoms. The molecule has 1 amide bonds. The monoisotopic (exact) mass is 273 g/mol. The van der Waals surface area contributed by atoms with Gasteiger partial charge in [0.15, 0.2) is 0 Å². The highest BCUT2D eigenvalue weighted by molar-refractivity contribution is 5.83. The Kier molecular flexibility index (Phi) is 3.60. The van der Waals surface area contributed by atoms with Crippen molar-refractivity contribution >= 4 is 17.0 Å². The van der Waals surface area contributed by atoms with Gasteiger partial charge in [0.2, 0.25) is 0 Å². The summed E-state index contributed by atoms with van der Waals surface area (Å²) in [5.41, 5.74) is 2.50. The molecule has 1 saturated heterocycles. The lowest BCUT2D eigenvalue weighted by atomic mass is 10.1. The second kappa shape index (κ2) is 5.54. The first-order valence-electron chi connectivity index (χ1n) is 6.91. The van der Waals surface area contributed by atoms with Crippen molar-refractivity contribution < 1.29 is 9.53 Å². The van der Waals surface area contributed by atoms with Crippen LogP contribution in [-0.4, -0.2) is 48.8 Å². The molecule has 1 aliphatic rings. The maximum Gasteiger partial charge on any atom is 0.409 e. The Bertz CT molecular complexity index is 608. The van der Waals surface area contributed by atoms with Gasteiger partial charge in [0.25, 0.3) is 0 Å². The molecule has 106 valence electrons. The second-order valence-corrected chi connectivity index (χ2v) is 5.16. The zero-order valence-corrected chi connectivity index (χ0v) is 11.6. The molecule has 5 heteroatoms. The van der Waals surface area contributed by atoms with Crippen molar-refractivity contribution in [2.75, 3.05) is 26.7 Å². The normalized spacial score (nSPS) is 18.8. The van der Waals surface area contributed by atoms with Crippen molar-refractivity contribution in [3.63, 3.8) is 0 Å². The van der Waals surface area contributed by atoms with Crippen LogP contribution >= 0.6 is 0 Å². The van der Waals surface area contributed by atoms with E-state index < -0.39 is 0 Å². The van der Waals surface area contributed by atoms with Crippen LogP contribution in [-0.2, 0) is 11.2 Å². The van der Waals surface area contributed by atoms with Crippen LogP contribution in [0.15, 0.2) is 30.5 Å². The smallest absolute Gasteiger partial charge is 0.409 e. The Balaban J connectivity index is 1.49. The summed E-state index contributed by atoms with van der Waals surface area (Å²) in [4.78, 5) is 16.2. The zero-order chi connectivity index (χ0) is 13.9. The average molecular weight is 273 g/mol. The van der Waals surface area contributed by atoms with Crippen LogP contribution in [0.1, 0.15) is 5.56 Å². The lowest BCUT2D eigenvalue weighted by Crippen LogP contribution is -2.38. The molecule has 0 aliphatic carbocycles. The van der Waals surface area contributed by atoms with Crippen LogP contribution in [0.2, 0.25) is 0 Å². The van der Waals surface area contributed by atoms with Crippen LogP contribution in [0.25, 0.3) is 10.9 Å². The summed E-state index contributed by atoms with van der Waals surface area (Å²) in [6, 6.07) is 8.46. The van der Waals surface area contributed by atoms with Crippen molar-refractivity contribution in [2.24, 2.45) is 0 Å². The van der Waals surface area contributed by atoms with Crippen LogP contribution in [0, 0.1) is 0 Å². The van der Waals surface area contributed by atoms with Crippen LogP contribution < -0.4 is 5.32 Å². The number of carbonyl (C=O) groups is 1. The Morgan fingerprint density at radius 1 is 1.45 bits per heavy atom. The predicted octanol–water partition coefficient (Wildman–Crippen LogP) is 1.75. The average Bonchev–Trinajstić information content (AvgIpc) is 3.02. The topological polar surface area (TPSA) is 57.4 Å². The van der Waals surface area contributed by atoms with Gasteiger partial charge in [-0.3, -0.25) is 0 Å². The van der Waals surface area contributed by atoms with Crippen molar-refractivity contribution in [3.05, 3.63) is 36.0 Å². The molecule has 0 saturated carbocycles. The number of benzene rings is 1. The summed E-state index contributed by atoms with van der Waals surface area (Å²) in [5.74, 6) is 0. The second-order valence-electron chi connectivity index (χ2n) is 5.16. The number of H-pyrrole nitrogens is 1. The number of hydrogen-bond donors (Lipinski definition) is 2. The molecule has 20 heavy (non-hydrogen) atoms. The minimum atomic E-state index is -0.228. The Morgan fingerprint density at radius 2 is 2.30 bits per heavy atom. The maximum atomic E-state index is 11.2. The van der Waals surface area contributed by atoms with E-state index in [1.165, 1.54) is 16.5 Å². The summed E-state index contributed by atoms with van der Waals surface area (Å²) in [5, 5.41) is 4.68. The summed E-state index contributed by atoms with van der Waals surface area (Å²) >= 11 is 0. The number of hydrogen-bond acceptors (Lipinski definition) is 3. The highest BCUT2D eigenvalue weighted by atomic mass is 16.6. The van der Waals surface area contributed by atoms with E-state index in [1.807, 2.05) is 6.07 Å². The van der Waals surface area contributed by atoms with Gasteiger partial charge in [-0.15, -0.1) is 0 Å². The number of likely N-dealkylation sites (N-methyl/N-ethyl adjacent to an activating group) is 1. The molecule has 1 aromatic carbocycles. The molecule has 2 heterocycles. The number of amides is 1. The first-order valence-corrected chi connectivity index (χ1v) is 6.91. The first-order chi connectivity index (χ1) is 9.75. The Hall–Kier alpha value is -2.01. The molecule has 1 atom stereocenters. The fourth-order valence-corrected chi connectivity index (χ4v) is 2.56. The SMILES string of the molecule is CN1C(=O)OCC1CNCCc1c[nH]c2ccccc12. The van der Waals surface area contributed by atoms with E-state index in [4.69, 9.17) is 4.74 Å². The Morgan fingerprint density at radius 3 is 3.10 bits per heavy atom. The van der Waals surface area contributed by atoms with Crippen molar-refractivity contribution in [1.29, 1.82) is 0 Å². The number of carbonyl (C=O) groups excluding carboxylic acids is 1. The summed E-state index contributed by atoms with van der Waals surface area (Å²) < 4.78 is 4.98. The van der Waals surface area contributed by atoms with E-state index in [0.29, 0.717) is 6.61 Å². The molecule has 5 nitrogen and oxygen atoms in total. The van der Waals surface area contributed by atoms with E-state index in [9.17, 15) is 4.79 Å². The summed E-state index contributed by atoms with van der Waals surface area (Å²) in [7, 11) is 1.78. The van der Waals surface area contributed by atoms with Gasteiger partial charge in [-0.05, 0) is 24.6 Å². The van der Waals surface area contributed by atoms with Gasteiger partial charge < -0.3 is 19.9 Å². The summed E-state index contributed by atoms with van der Waals surface area (Å²) in [6.45, 7) is 2.14. The van der Waals surface area contributed by atoms with Gasteiger partial charge >= 0.3 is 6.09 Å². The standard InChI is InChI=1S/C15H19N3O2/c1-18-12(10-20-15(18)19)9-16-7-6-11-8-17-14-5-3-2-4-13(11)14/h2-5,8,12,16-17H,6-7,9-10H2,1H3. The number of para-hydroxylation sites is 1. The van der Waals surface area contributed by atoms with Gasteiger partial charge in [0, 0.05) is 30.7 Å². The molecule has 2 N–H and O–H groups in total. The number of nitrogens with zero attached hydrogens (tertiary/aromatic N) is 1. The van der Waals surface area contributed by atoms with E-state index in [-0.39, 0.29) is 12.1 Å². The largest absolute Gasteiger partial charge is 0.447 e. The highest BCUT2D eigenvalue weighted by Gasteiger charge is 2.28. The number of ether oxygens (including phenoxy) is 1. The molecule has 2 aromatic rings. The first kappa shape index (κ1) is 13.0. The third-order valence-corrected chi connectivity index (χ3v) is 3.86. The quantitative estimate of drug-likeness (QED) is 0.816. The Labute approximate surface area is 117 Å². The van der Waals surface area contributed by atoms with Gasteiger partial charge in [-0.25, -0.2) is 4.79 Å². The molecular formula is C15H19N3O2. The van der Waals surface area contributed by atoms with Crippen LogP contribution in [0.5, 0.6) is 0 Å². The fraction of sp³-hybridized carbons (Fsp3) is 0.400. The van der Waals surface area contributed by atoms with Gasteiger partial charge in [-0.1, -0.05) is 18.2 Å². The van der Waals surface area contributed by atoms with Crippen LogP contribution in [0.3, 0.4) is 0 Å². The third kappa shape index (κ3) is 2.49. The van der Waals surface area contributed by atoms with Crippen LogP contribution in [0.4, 0.5) is 4.79 Å². The number of cyclic esters (lactones) is 1. The van der Waals surface area contributed by atoms with Crippen molar-refractivity contribution in [1.82, 2.24) is 15.2 Å². The molecule has 3 rings (SSSR count). The fourth-order valence-electron chi connectivity index (χ4n) is 2.56. The highest BCUT2D eigenvalue weighted by Crippen LogP contribution is 2.17. The lowest BCUT2D eigenvalue weighted by molar-refractivity contribution is 0.163. The third-order valence-electron chi connectivity index (χ3n) is 3.86. The molecule has 0 spiro atoms. The summed E-state index contributed by atoms with van der Waals surface area (Å²) in [6.07, 6.45) is 2.81. The number of rotatable bonds is 5. The van der Waals surface area contributed by atoms with E-state index in [0.717, 1.165) is 19.5 Å². The molecule has 1 aliphatic heterocycles. The van der Waals surface area contributed by atoms with Crippen molar-refractivity contribution in [3.8, 4) is 0 Å². The number of nitrogens with one attached hydrogen (secondary N) is 2. The number of aromatic amines is 1. The predicted molar refractivity (Wildman–Crippen MR) is 77.8 cm³/mol. The molecule has 1 aromatic heterocycles. The molecule has 0 radical (unpaired) electrons.